The maximum absolute atomic E-state index is 5.37. The molecule has 0 amide bonds. The van der Waals surface area contributed by atoms with Crippen LogP contribution in [0.15, 0.2) is 6.20 Å². The minimum atomic E-state index is 0.554. The number of nitrogens with zero attached hydrogens (tertiary/aromatic N) is 4. The molecule has 5 heteroatoms. The lowest BCUT2D eigenvalue weighted by Gasteiger charge is -2.09. The third kappa shape index (κ3) is 2.13. The second-order valence-electron chi connectivity index (χ2n) is 2.66. The fraction of sp³-hybridized carbons (Fsp3) is 0.571. The summed E-state index contributed by atoms with van der Waals surface area (Å²) >= 11 is 0. The van der Waals surface area contributed by atoms with Gasteiger partial charge in [0, 0.05) is 20.5 Å². The molecule has 0 aromatic carbocycles. The highest BCUT2D eigenvalue weighted by atomic mass is 15.2. The zero-order valence-corrected chi connectivity index (χ0v) is 7.36. The molecule has 1 heterocycles. The quantitative estimate of drug-likeness (QED) is 0.653. The molecule has 0 unspecified atom stereocenters. The lowest BCUT2D eigenvalue weighted by molar-refractivity contribution is 0.801. The summed E-state index contributed by atoms with van der Waals surface area (Å²) in [4.78, 5) is 6.12. The molecule has 0 spiro atoms. The Labute approximate surface area is 71.6 Å². The van der Waals surface area contributed by atoms with Gasteiger partial charge < -0.3 is 10.6 Å². The molecule has 1 aromatic rings. The van der Waals surface area contributed by atoms with Crippen LogP contribution >= 0.6 is 0 Å². The van der Waals surface area contributed by atoms with Gasteiger partial charge >= 0.3 is 0 Å². The van der Waals surface area contributed by atoms with E-state index in [9.17, 15) is 0 Å². The average molecular weight is 167 g/mol. The van der Waals surface area contributed by atoms with Crippen LogP contribution in [0.1, 0.15) is 5.82 Å². The zero-order valence-electron chi connectivity index (χ0n) is 7.36. The van der Waals surface area contributed by atoms with E-state index in [1.807, 2.05) is 19.0 Å². The Balaban J connectivity index is 2.81. The lowest BCUT2D eigenvalue weighted by Crippen LogP contribution is -2.14. The highest BCUT2D eigenvalue weighted by Gasteiger charge is 2.00. The monoisotopic (exact) mass is 167 g/mol. The molecular weight excluding hydrogens is 154 g/mol. The van der Waals surface area contributed by atoms with Crippen molar-refractivity contribution in [1.82, 2.24) is 15.2 Å². The molecule has 2 N–H and O–H groups in total. The summed E-state index contributed by atoms with van der Waals surface area (Å²) < 4.78 is 0. The zero-order chi connectivity index (χ0) is 8.97. The Hall–Kier alpha value is -1.23. The predicted octanol–water partition coefficient (Wildman–Crippen LogP) is -0.561. The van der Waals surface area contributed by atoms with E-state index >= 15 is 0 Å². The molecule has 66 valence electrons. The number of aromatic nitrogens is 3. The Morgan fingerprint density at radius 2 is 2.25 bits per heavy atom. The van der Waals surface area contributed by atoms with Crippen molar-refractivity contribution in [3.8, 4) is 0 Å². The summed E-state index contributed by atoms with van der Waals surface area (Å²) in [6, 6.07) is 0. The van der Waals surface area contributed by atoms with E-state index < -0.39 is 0 Å². The Bertz CT molecular complexity index is 247. The molecule has 0 radical (unpaired) electrons. The maximum Gasteiger partial charge on any atom is 0.154 e. The molecular formula is C7H13N5. The van der Waals surface area contributed by atoms with Crippen LogP contribution in [0.4, 0.5) is 5.82 Å². The summed E-state index contributed by atoms with van der Waals surface area (Å²) in [6.07, 6.45) is 2.30. The van der Waals surface area contributed by atoms with Gasteiger partial charge in [0.1, 0.15) is 0 Å². The standard InChI is InChI=1S/C7H13N5/c1-12(2)7-5-9-11-6(10-7)3-4-8/h5H,3-4,8H2,1-2H3. The highest BCUT2D eigenvalue weighted by molar-refractivity contribution is 5.32. The van der Waals surface area contributed by atoms with Crippen molar-refractivity contribution >= 4 is 5.82 Å². The van der Waals surface area contributed by atoms with Gasteiger partial charge in [-0.1, -0.05) is 0 Å². The second-order valence-corrected chi connectivity index (χ2v) is 2.66. The molecule has 0 fully saturated rings. The highest BCUT2D eigenvalue weighted by Crippen LogP contribution is 2.02. The third-order valence-electron chi connectivity index (χ3n) is 1.42. The topological polar surface area (TPSA) is 67.9 Å². The lowest BCUT2D eigenvalue weighted by atomic mass is 10.4. The molecule has 0 atom stereocenters. The Morgan fingerprint density at radius 3 is 2.83 bits per heavy atom. The largest absolute Gasteiger partial charge is 0.361 e. The molecule has 0 aliphatic carbocycles. The van der Waals surface area contributed by atoms with Gasteiger partial charge in [-0.2, -0.15) is 5.10 Å². The number of hydrogen-bond acceptors (Lipinski definition) is 5. The molecule has 0 saturated heterocycles. The fourth-order valence-corrected chi connectivity index (χ4v) is 0.781. The van der Waals surface area contributed by atoms with Gasteiger partial charge in [-0.15, -0.1) is 5.10 Å². The second kappa shape index (κ2) is 3.96. The molecule has 0 saturated carbocycles. The van der Waals surface area contributed by atoms with Crippen LogP contribution in [-0.4, -0.2) is 35.8 Å². The molecule has 5 nitrogen and oxygen atoms in total. The minimum Gasteiger partial charge on any atom is -0.361 e. The predicted molar refractivity (Wildman–Crippen MR) is 46.9 cm³/mol. The summed E-state index contributed by atoms with van der Waals surface area (Å²) in [7, 11) is 3.83. The van der Waals surface area contributed by atoms with E-state index in [2.05, 4.69) is 15.2 Å². The van der Waals surface area contributed by atoms with Gasteiger partial charge in [0.2, 0.25) is 0 Å². The summed E-state index contributed by atoms with van der Waals surface area (Å²) in [5.74, 6) is 1.51. The van der Waals surface area contributed by atoms with Crippen LogP contribution < -0.4 is 10.6 Å². The number of rotatable bonds is 3. The minimum absolute atomic E-state index is 0.554. The third-order valence-corrected chi connectivity index (χ3v) is 1.42. The van der Waals surface area contributed by atoms with Crippen molar-refractivity contribution in [2.24, 2.45) is 5.73 Å². The van der Waals surface area contributed by atoms with Gasteiger partial charge in [-0.3, -0.25) is 0 Å². The number of hydrogen-bond donors (Lipinski definition) is 1. The van der Waals surface area contributed by atoms with Gasteiger partial charge in [0.05, 0.1) is 6.20 Å². The van der Waals surface area contributed by atoms with E-state index in [1.54, 1.807) is 6.20 Å². The van der Waals surface area contributed by atoms with Crippen LogP contribution in [0.5, 0.6) is 0 Å². The first kappa shape index (κ1) is 8.86. The van der Waals surface area contributed by atoms with Gasteiger partial charge in [-0.05, 0) is 6.54 Å². The van der Waals surface area contributed by atoms with Gasteiger partial charge in [-0.25, -0.2) is 4.98 Å². The van der Waals surface area contributed by atoms with Crippen molar-refractivity contribution in [2.45, 2.75) is 6.42 Å². The van der Waals surface area contributed by atoms with Gasteiger partial charge in [0.25, 0.3) is 0 Å². The first-order chi connectivity index (χ1) is 5.74. The molecule has 1 rings (SSSR count). The average Bonchev–Trinajstić information content (AvgIpc) is 2.05. The van der Waals surface area contributed by atoms with Gasteiger partial charge in [0.15, 0.2) is 11.6 Å². The number of nitrogens with two attached hydrogens (primary N) is 1. The summed E-state index contributed by atoms with van der Waals surface area (Å²) in [6.45, 7) is 0.554. The molecule has 12 heavy (non-hydrogen) atoms. The van der Waals surface area contributed by atoms with Crippen LogP contribution in [0, 0.1) is 0 Å². The Morgan fingerprint density at radius 1 is 1.50 bits per heavy atom. The molecule has 1 aromatic heterocycles. The maximum atomic E-state index is 5.37. The van der Waals surface area contributed by atoms with Crippen LogP contribution in [0.25, 0.3) is 0 Å². The van der Waals surface area contributed by atoms with Crippen LogP contribution in [0.2, 0.25) is 0 Å². The van der Waals surface area contributed by atoms with E-state index in [1.165, 1.54) is 0 Å². The van der Waals surface area contributed by atoms with Crippen molar-refractivity contribution in [3.63, 3.8) is 0 Å². The van der Waals surface area contributed by atoms with Crippen LogP contribution in [0.3, 0.4) is 0 Å². The van der Waals surface area contributed by atoms with E-state index in [0.29, 0.717) is 18.8 Å². The van der Waals surface area contributed by atoms with Crippen molar-refractivity contribution in [1.29, 1.82) is 0 Å². The van der Waals surface area contributed by atoms with E-state index in [-0.39, 0.29) is 0 Å². The van der Waals surface area contributed by atoms with Crippen molar-refractivity contribution in [3.05, 3.63) is 12.0 Å². The van der Waals surface area contributed by atoms with Crippen LogP contribution in [-0.2, 0) is 6.42 Å². The van der Waals surface area contributed by atoms with Crippen molar-refractivity contribution in [2.75, 3.05) is 25.5 Å². The van der Waals surface area contributed by atoms with Crippen molar-refractivity contribution < 1.29 is 0 Å². The Kier molecular flexibility index (Phi) is 2.93. The summed E-state index contributed by atoms with van der Waals surface area (Å²) in [5.41, 5.74) is 5.37. The van der Waals surface area contributed by atoms with E-state index in [4.69, 9.17) is 5.73 Å². The smallest absolute Gasteiger partial charge is 0.154 e. The SMILES string of the molecule is CN(C)c1cnnc(CCN)n1. The first-order valence-corrected chi connectivity index (χ1v) is 3.80. The number of anilines is 1. The molecule has 0 bridgehead atoms. The molecule has 0 aliphatic heterocycles. The summed E-state index contributed by atoms with van der Waals surface area (Å²) in [5, 5.41) is 7.66. The fourth-order valence-electron chi connectivity index (χ4n) is 0.781. The van der Waals surface area contributed by atoms with E-state index in [0.717, 1.165) is 5.82 Å². The normalized spacial score (nSPS) is 9.92. The molecule has 0 aliphatic rings. The first-order valence-electron chi connectivity index (χ1n) is 3.80.